The SMILES string of the molecule is Cc1cc(C)c(C)c(S(=O)(=O)Nc2ccc3c(c2)CCN3C(=O)c2ccco2)c1C. The third-order valence-electron chi connectivity index (χ3n) is 5.77. The lowest BCUT2D eigenvalue weighted by Gasteiger charge is -2.18. The molecule has 0 spiro atoms. The fraction of sp³-hybridized carbons (Fsp3) is 0.261. The molecule has 3 aromatic rings. The monoisotopic (exact) mass is 424 g/mol. The van der Waals surface area contributed by atoms with Crippen LogP contribution in [0.4, 0.5) is 11.4 Å². The molecule has 0 unspecified atom stereocenters. The van der Waals surface area contributed by atoms with Gasteiger partial charge in [0.1, 0.15) is 0 Å². The second-order valence-electron chi connectivity index (χ2n) is 7.72. The van der Waals surface area contributed by atoms with E-state index in [4.69, 9.17) is 4.42 Å². The Labute approximate surface area is 176 Å². The number of hydrogen-bond donors (Lipinski definition) is 1. The summed E-state index contributed by atoms with van der Waals surface area (Å²) < 4.78 is 34.3. The lowest BCUT2D eigenvalue weighted by Crippen LogP contribution is -2.28. The molecule has 1 amide bonds. The van der Waals surface area contributed by atoms with Crippen LogP contribution in [0.3, 0.4) is 0 Å². The number of sulfonamides is 1. The lowest BCUT2D eigenvalue weighted by atomic mass is 10.0. The quantitative estimate of drug-likeness (QED) is 0.668. The summed E-state index contributed by atoms with van der Waals surface area (Å²) in [6, 6.07) is 10.6. The van der Waals surface area contributed by atoms with Gasteiger partial charge >= 0.3 is 0 Å². The maximum Gasteiger partial charge on any atom is 0.293 e. The van der Waals surface area contributed by atoms with Gasteiger partial charge in [0.15, 0.2) is 5.76 Å². The van der Waals surface area contributed by atoms with Crippen LogP contribution in [0.1, 0.15) is 38.4 Å². The third-order valence-corrected chi connectivity index (χ3v) is 7.42. The number of carbonyl (C=O) groups is 1. The Morgan fingerprint density at radius 3 is 2.37 bits per heavy atom. The topological polar surface area (TPSA) is 79.6 Å². The number of benzene rings is 2. The van der Waals surface area contributed by atoms with Crippen LogP contribution in [-0.4, -0.2) is 20.9 Å². The van der Waals surface area contributed by atoms with Crippen LogP contribution >= 0.6 is 0 Å². The highest BCUT2D eigenvalue weighted by molar-refractivity contribution is 7.92. The summed E-state index contributed by atoms with van der Waals surface area (Å²) in [7, 11) is -3.75. The smallest absolute Gasteiger partial charge is 0.293 e. The molecule has 1 N–H and O–H groups in total. The zero-order valence-electron chi connectivity index (χ0n) is 17.4. The van der Waals surface area contributed by atoms with Crippen molar-refractivity contribution in [2.24, 2.45) is 0 Å². The third kappa shape index (κ3) is 3.39. The van der Waals surface area contributed by atoms with Crippen molar-refractivity contribution >= 4 is 27.3 Å². The molecule has 1 aliphatic heterocycles. The summed E-state index contributed by atoms with van der Waals surface area (Å²) in [5.41, 5.74) is 5.57. The normalized spacial score (nSPS) is 13.4. The molecule has 0 fully saturated rings. The lowest BCUT2D eigenvalue weighted by molar-refractivity contribution is 0.0963. The average Bonchev–Trinajstić information content (AvgIpc) is 3.35. The maximum atomic E-state index is 13.2. The van der Waals surface area contributed by atoms with Crippen LogP contribution in [0, 0.1) is 27.7 Å². The van der Waals surface area contributed by atoms with E-state index >= 15 is 0 Å². The van der Waals surface area contributed by atoms with Gasteiger partial charge in [-0.3, -0.25) is 9.52 Å². The first-order valence-corrected chi connectivity index (χ1v) is 11.3. The van der Waals surface area contributed by atoms with E-state index < -0.39 is 10.0 Å². The van der Waals surface area contributed by atoms with E-state index in [0.717, 1.165) is 33.5 Å². The van der Waals surface area contributed by atoms with E-state index in [9.17, 15) is 13.2 Å². The van der Waals surface area contributed by atoms with E-state index in [2.05, 4.69) is 4.72 Å². The Balaban J connectivity index is 1.64. The van der Waals surface area contributed by atoms with Crippen molar-refractivity contribution in [2.75, 3.05) is 16.2 Å². The van der Waals surface area contributed by atoms with E-state index in [1.807, 2.05) is 33.8 Å². The Morgan fingerprint density at radius 1 is 1.03 bits per heavy atom. The summed E-state index contributed by atoms with van der Waals surface area (Å²) in [6.45, 7) is 8.02. The maximum absolute atomic E-state index is 13.2. The van der Waals surface area contributed by atoms with Crippen molar-refractivity contribution in [1.29, 1.82) is 0 Å². The van der Waals surface area contributed by atoms with Gasteiger partial charge < -0.3 is 9.32 Å². The molecular formula is C23H24N2O4S. The Hall–Kier alpha value is -3.06. The zero-order valence-corrected chi connectivity index (χ0v) is 18.3. The highest BCUT2D eigenvalue weighted by atomic mass is 32.2. The molecule has 2 heterocycles. The molecule has 30 heavy (non-hydrogen) atoms. The molecule has 0 radical (unpaired) electrons. The number of anilines is 2. The van der Waals surface area contributed by atoms with Crippen LogP contribution < -0.4 is 9.62 Å². The first-order chi connectivity index (χ1) is 14.2. The summed E-state index contributed by atoms with van der Waals surface area (Å²) in [6.07, 6.45) is 2.12. The molecule has 0 atom stereocenters. The second-order valence-corrected chi connectivity index (χ2v) is 9.34. The average molecular weight is 425 g/mol. The second kappa shape index (κ2) is 7.32. The molecule has 0 aliphatic carbocycles. The van der Waals surface area contributed by atoms with Crippen molar-refractivity contribution in [3.8, 4) is 0 Å². The molecule has 0 saturated heterocycles. The Kier molecular flexibility index (Phi) is 4.94. The van der Waals surface area contributed by atoms with Gasteiger partial charge in [-0.05, 0) is 92.3 Å². The van der Waals surface area contributed by atoms with Crippen molar-refractivity contribution in [2.45, 2.75) is 39.0 Å². The fourth-order valence-corrected chi connectivity index (χ4v) is 5.67. The molecule has 0 saturated carbocycles. The number of carbonyl (C=O) groups excluding carboxylic acids is 1. The van der Waals surface area contributed by atoms with Gasteiger partial charge in [0.25, 0.3) is 15.9 Å². The van der Waals surface area contributed by atoms with Crippen molar-refractivity contribution < 1.29 is 17.6 Å². The Bertz CT molecular complexity index is 1220. The van der Waals surface area contributed by atoms with Crippen molar-refractivity contribution in [1.82, 2.24) is 0 Å². The van der Waals surface area contributed by atoms with E-state index in [1.165, 1.54) is 6.26 Å². The first kappa shape index (κ1) is 20.2. The standard InChI is InChI=1S/C23H24N2O4S/c1-14-12-15(2)17(4)22(16(14)3)30(27,28)24-19-7-8-20-18(13-19)9-10-25(20)23(26)21-6-5-11-29-21/h5-8,11-13,24H,9-10H2,1-4H3. The van der Waals surface area contributed by atoms with E-state index in [0.29, 0.717) is 23.5 Å². The van der Waals surface area contributed by atoms with Crippen LogP contribution in [0.5, 0.6) is 0 Å². The van der Waals surface area contributed by atoms with Gasteiger partial charge in [-0.1, -0.05) is 6.07 Å². The predicted octanol–water partition coefficient (Wildman–Crippen LogP) is 4.52. The minimum absolute atomic E-state index is 0.200. The van der Waals surface area contributed by atoms with E-state index in [1.54, 1.807) is 35.2 Å². The molecular weight excluding hydrogens is 400 g/mol. The summed E-state index contributed by atoms with van der Waals surface area (Å²) >= 11 is 0. The minimum atomic E-state index is -3.75. The van der Waals surface area contributed by atoms with Crippen LogP contribution in [0.25, 0.3) is 0 Å². The molecule has 1 aliphatic rings. The van der Waals surface area contributed by atoms with Crippen LogP contribution in [-0.2, 0) is 16.4 Å². The molecule has 0 bridgehead atoms. The fourth-order valence-electron chi connectivity index (χ4n) is 4.00. The molecule has 6 nitrogen and oxygen atoms in total. The van der Waals surface area contributed by atoms with Gasteiger partial charge in [-0.15, -0.1) is 0 Å². The van der Waals surface area contributed by atoms with Crippen LogP contribution in [0.15, 0.2) is 52.0 Å². The van der Waals surface area contributed by atoms with Gasteiger partial charge in [-0.25, -0.2) is 8.42 Å². The largest absolute Gasteiger partial charge is 0.459 e. The molecule has 2 aromatic carbocycles. The number of amides is 1. The zero-order chi connectivity index (χ0) is 21.6. The first-order valence-electron chi connectivity index (χ1n) is 9.77. The summed E-state index contributed by atoms with van der Waals surface area (Å²) in [5, 5.41) is 0. The van der Waals surface area contributed by atoms with Gasteiger partial charge in [-0.2, -0.15) is 0 Å². The number of hydrogen-bond acceptors (Lipinski definition) is 4. The van der Waals surface area contributed by atoms with Gasteiger partial charge in [0.2, 0.25) is 0 Å². The highest BCUT2D eigenvalue weighted by Gasteiger charge is 2.28. The molecule has 7 heteroatoms. The number of furan rings is 1. The Morgan fingerprint density at radius 2 is 1.73 bits per heavy atom. The van der Waals surface area contributed by atoms with Gasteiger partial charge in [0, 0.05) is 17.9 Å². The molecule has 4 rings (SSSR count). The molecule has 156 valence electrons. The van der Waals surface area contributed by atoms with E-state index in [-0.39, 0.29) is 11.7 Å². The number of fused-ring (bicyclic) bond motifs is 1. The highest BCUT2D eigenvalue weighted by Crippen LogP contribution is 2.33. The predicted molar refractivity (Wildman–Crippen MR) is 117 cm³/mol. The summed E-state index contributed by atoms with van der Waals surface area (Å²) in [4.78, 5) is 14.6. The number of nitrogens with zero attached hydrogens (tertiary/aromatic N) is 1. The minimum Gasteiger partial charge on any atom is -0.459 e. The number of rotatable bonds is 4. The van der Waals surface area contributed by atoms with Crippen molar-refractivity contribution in [3.05, 3.63) is 76.2 Å². The van der Waals surface area contributed by atoms with Gasteiger partial charge in [0.05, 0.1) is 11.2 Å². The van der Waals surface area contributed by atoms with Crippen molar-refractivity contribution in [3.63, 3.8) is 0 Å². The number of aryl methyl sites for hydroxylation is 2. The molecule has 1 aromatic heterocycles. The summed E-state index contributed by atoms with van der Waals surface area (Å²) in [5.74, 6) is 0.0852. The number of nitrogens with one attached hydrogen (secondary N) is 1. The van der Waals surface area contributed by atoms with Crippen LogP contribution in [0.2, 0.25) is 0 Å².